The van der Waals surface area contributed by atoms with Gasteiger partial charge in [0.2, 0.25) is 0 Å². The van der Waals surface area contributed by atoms with Crippen molar-refractivity contribution in [3.63, 3.8) is 0 Å². The quantitative estimate of drug-likeness (QED) is 0.253. The first-order chi connectivity index (χ1) is 15.3. The van der Waals surface area contributed by atoms with Gasteiger partial charge in [0.25, 0.3) is 28.3 Å². The summed E-state index contributed by atoms with van der Waals surface area (Å²) in [5, 5.41) is 27.1. The summed E-state index contributed by atoms with van der Waals surface area (Å²) in [4.78, 5) is 17.8. The molecule has 0 aliphatic heterocycles. The molecule has 0 N–H and O–H groups in total. The van der Waals surface area contributed by atoms with Crippen LogP contribution in [0.4, 0.5) is 0 Å². The van der Waals surface area contributed by atoms with Crippen LogP contribution in [0.2, 0.25) is 31.7 Å². The zero-order valence-corrected chi connectivity index (χ0v) is 29.2. The SMILES string of the molecule is CC(=O)[O-].CC(=O)[O-].CC(C)[CH2][Al]([CH2]C(C)C)[CH2]C(C)C.CC(C)[CH2][Al]([CH2]C(C)C)[CH2]C(C)C.[Co+2]. The molecule has 35 heavy (non-hydrogen) atoms. The molecule has 0 bridgehead atoms. The standard InChI is InChI=1S/6C4H9.2C2H4O2.2Al.Co/c6*1-4(2)3;2*1-2(3)4;;;/h6*4H,1H2,2-3H3;2*1H3,(H,3,4);;;/q;;;;;;;;;;+2/p-2. The van der Waals surface area contributed by atoms with Crippen LogP contribution in [0.3, 0.4) is 0 Å². The van der Waals surface area contributed by atoms with E-state index in [0.29, 0.717) is 0 Å². The molecule has 0 spiro atoms. The van der Waals surface area contributed by atoms with Gasteiger partial charge in [-0.1, -0.05) is 150 Å². The monoisotopic (exact) mass is 573 g/mol. The van der Waals surface area contributed by atoms with Crippen LogP contribution in [-0.2, 0) is 26.4 Å². The topological polar surface area (TPSA) is 80.3 Å². The number of carbonyl (C=O) groups excluding carboxylic acids is 2. The summed E-state index contributed by atoms with van der Waals surface area (Å²) in [5.74, 6) is 3.38. The second-order valence-corrected chi connectivity index (χ2v) is 18.8. The van der Waals surface area contributed by atoms with Crippen LogP contribution in [0.1, 0.15) is 96.9 Å². The summed E-state index contributed by atoms with van der Waals surface area (Å²) < 4.78 is 0. The fourth-order valence-corrected chi connectivity index (χ4v) is 13.7. The van der Waals surface area contributed by atoms with Crippen molar-refractivity contribution < 1.29 is 36.6 Å². The van der Waals surface area contributed by atoms with Gasteiger partial charge in [-0.3, -0.25) is 0 Å². The molecular weight excluding hydrogens is 513 g/mol. The molecule has 0 atom stereocenters. The van der Waals surface area contributed by atoms with Crippen LogP contribution in [0.25, 0.3) is 0 Å². The van der Waals surface area contributed by atoms with Crippen molar-refractivity contribution in [3.8, 4) is 0 Å². The van der Waals surface area contributed by atoms with E-state index < -0.39 is 40.2 Å². The number of carboxylic acids is 2. The van der Waals surface area contributed by atoms with Gasteiger partial charge in [-0.05, 0) is 13.8 Å². The van der Waals surface area contributed by atoms with Crippen LogP contribution in [0.15, 0.2) is 0 Å². The van der Waals surface area contributed by atoms with E-state index in [2.05, 4.69) is 83.1 Å². The van der Waals surface area contributed by atoms with E-state index in [1.165, 1.54) is 0 Å². The summed E-state index contributed by atoms with van der Waals surface area (Å²) >= 11 is -0.815. The maximum Gasteiger partial charge on any atom is 2.00 e. The summed E-state index contributed by atoms with van der Waals surface area (Å²) in [7, 11) is 0. The predicted octanol–water partition coefficient (Wildman–Crippen LogP) is 6.41. The molecule has 0 amide bonds. The Morgan fingerprint density at radius 1 is 0.457 bits per heavy atom. The Morgan fingerprint density at radius 2 is 0.543 bits per heavy atom. The van der Waals surface area contributed by atoms with E-state index in [9.17, 15) is 0 Å². The molecule has 0 aromatic carbocycles. The number of hydrogen-bond acceptors (Lipinski definition) is 4. The van der Waals surface area contributed by atoms with Crippen molar-refractivity contribution in [2.24, 2.45) is 35.5 Å². The summed E-state index contributed by atoms with van der Waals surface area (Å²) in [6, 6.07) is 0. The van der Waals surface area contributed by atoms with Crippen molar-refractivity contribution in [1.82, 2.24) is 0 Å². The van der Waals surface area contributed by atoms with E-state index in [1.807, 2.05) is 0 Å². The van der Waals surface area contributed by atoms with Crippen LogP contribution in [0, 0.1) is 35.5 Å². The van der Waals surface area contributed by atoms with Crippen molar-refractivity contribution in [2.75, 3.05) is 0 Å². The molecule has 0 rings (SSSR count). The van der Waals surface area contributed by atoms with Gasteiger partial charge >= 0.3 is 16.8 Å². The summed E-state index contributed by atoms with van der Waals surface area (Å²) in [5.41, 5.74) is 0. The number of hydrogen-bond donors (Lipinski definition) is 0. The molecule has 0 aromatic rings. The third-order valence-corrected chi connectivity index (χ3v) is 14.5. The molecule has 0 unspecified atom stereocenters. The molecule has 0 aliphatic carbocycles. The Morgan fingerprint density at radius 3 is 0.600 bits per heavy atom. The van der Waals surface area contributed by atoms with E-state index in [4.69, 9.17) is 19.8 Å². The second-order valence-electron chi connectivity index (χ2n) is 12.5. The molecular formula is C28H60Al2CoO4. The first-order valence-electron chi connectivity index (χ1n) is 13.6. The largest absolute Gasteiger partial charge is 2.00 e. The molecule has 4 nitrogen and oxygen atoms in total. The number of carboxylic acid groups (broad SMARTS) is 2. The van der Waals surface area contributed by atoms with Gasteiger partial charge in [-0.2, -0.15) is 0 Å². The Kier molecular flexibility index (Phi) is 37.7. The molecule has 0 saturated heterocycles. The van der Waals surface area contributed by atoms with E-state index in [1.54, 1.807) is 31.7 Å². The molecule has 7 heteroatoms. The van der Waals surface area contributed by atoms with Crippen molar-refractivity contribution in [3.05, 3.63) is 0 Å². The fourth-order valence-electron chi connectivity index (χ4n) is 4.58. The van der Waals surface area contributed by atoms with Crippen molar-refractivity contribution >= 4 is 40.2 Å². The first-order valence-corrected chi connectivity index (χ1v) is 18.5. The Labute approximate surface area is 239 Å². The van der Waals surface area contributed by atoms with E-state index in [0.717, 1.165) is 49.4 Å². The molecule has 211 valence electrons. The fraction of sp³-hybridized carbons (Fsp3) is 0.929. The summed E-state index contributed by atoms with van der Waals surface area (Å²) in [6.07, 6.45) is 0. The molecule has 0 saturated carbocycles. The maximum absolute atomic E-state index is 8.89. The second kappa shape index (κ2) is 29.1. The van der Waals surface area contributed by atoms with E-state index >= 15 is 0 Å². The van der Waals surface area contributed by atoms with E-state index in [-0.39, 0.29) is 16.8 Å². The number of aliphatic carboxylic acids is 2. The van der Waals surface area contributed by atoms with Gasteiger partial charge < -0.3 is 19.8 Å². The maximum atomic E-state index is 8.89. The zero-order valence-electron chi connectivity index (χ0n) is 25.8. The number of carbonyl (C=O) groups is 2. The molecule has 0 aliphatic rings. The van der Waals surface area contributed by atoms with Gasteiger partial charge in [0.1, 0.15) is 0 Å². The first kappa shape index (κ1) is 45.4. The molecule has 0 aromatic heterocycles. The van der Waals surface area contributed by atoms with Gasteiger partial charge in [0.05, 0.1) is 0 Å². The van der Waals surface area contributed by atoms with Crippen molar-refractivity contribution in [1.29, 1.82) is 0 Å². The summed E-state index contributed by atoms with van der Waals surface area (Å²) in [6.45, 7) is 30.5. The van der Waals surface area contributed by atoms with Gasteiger partial charge in [-0.15, -0.1) is 0 Å². The smallest absolute Gasteiger partial charge is 0.550 e. The average Bonchev–Trinajstić information content (AvgIpc) is 2.49. The molecule has 0 fully saturated rings. The van der Waals surface area contributed by atoms with Crippen LogP contribution in [-0.4, -0.2) is 40.2 Å². The Balaban J connectivity index is -0.000000128. The van der Waals surface area contributed by atoms with Gasteiger partial charge in [0.15, 0.2) is 0 Å². The zero-order chi connectivity index (χ0) is 28.0. The molecule has 1 radical (unpaired) electrons. The normalized spacial score (nSPS) is 10.2. The predicted molar refractivity (Wildman–Crippen MR) is 151 cm³/mol. The minimum atomic E-state index is -1.08. The minimum Gasteiger partial charge on any atom is -0.550 e. The van der Waals surface area contributed by atoms with Gasteiger partial charge in [-0.25, -0.2) is 0 Å². The third kappa shape index (κ3) is 60.7. The Bertz CT molecular complexity index is 370. The van der Waals surface area contributed by atoms with Crippen LogP contribution in [0.5, 0.6) is 0 Å². The van der Waals surface area contributed by atoms with Crippen molar-refractivity contribution in [2.45, 2.75) is 129 Å². The Hall–Kier alpha value is 0.511. The molecule has 0 heterocycles. The minimum absolute atomic E-state index is 0. The number of rotatable bonds is 12. The van der Waals surface area contributed by atoms with Crippen LogP contribution < -0.4 is 10.2 Å². The van der Waals surface area contributed by atoms with Gasteiger partial charge in [0, 0.05) is 11.9 Å². The average molecular weight is 574 g/mol. The third-order valence-electron chi connectivity index (χ3n) is 4.83. The van der Waals surface area contributed by atoms with Crippen LogP contribution >= 0.6 is 0 Å².